The quantitative estimate of drug-likeness (QED) is 0.772. The topological polar surface area (TPSA) is 36.7 Å². The fourth-order valence-electron chi connectivity index (χ4n) is 1.12. The fourth-order valence-corrected chi connectivity index (χ4v) is 2.35. The van der Waals surface area contributed by atoms with Crippen molar-refractivity contribution in [1.82, 2.24) is 4.98 Å². The maximum atomic E-state index is 8.74. The van der Waals surface area contributed by atoms with E-state index in [1.165, 1.54) is 11.3 Å². The van der Waals surface area contributed by atoms with Crippen molar-refractivity contribution in [2.45, 2.75) is 0 Å². The van der Waals surface area contributed by atoms with Gasteiger partial charge in [-0.1, -0.05) is 35.3 Å². The third-order valence-corrected chi connectivity index (χ3v) is 3.39. The molecule has 0 radical (unpaired) electrons. The molecule has 0 amide bonds. The average Bonchev–Trinajstić information content (AvgIpc) is 2.60. The van der Waals surface area contributed by atoms with Crippen molar-refractivity contribution in [3.63, 3.8) is 0 Å². The molecule has 0 aliphatic carbocycles. The predicted octanol–water partition coefficient (Wildman–Crippen LogP) is 3.99. The van der Waals surface area contributed by atoms with Crippen molar-refractivity contribution in [3.05, 3.63) is 39.3 Å². The van der Waals surface area contributed by atoms with Gasteiger partial charge in [0.15, 0.2) is 5.15 Å². The van der Waals surface area contributed by atoms with E-state index >= 15 is 0 Å². The van der Waals surface area contributed by atoms with Gasteiger partial charge in [0.1, 0.15) is 16.0 Å². The van der Waals surface area contributed by atoms with Crippen LogP contribution in [0.1, 0.15) is 4.88 Å². The lowest BCUT2D eigenvalue weighted by atomic mass is 10.2. The van der Waals surface area contributed by atoms with E-state index in [0.29, 0.717) is 14.9 Å². The Bertz CT molecular complexity index is 543. The fraction of sp³-hybridized carbons (Fsp3) is 0. The minimum absolute atomic E-state index is 0.248. The molecule has 0 N–H and O–H groups in total. The van der Waals surface area contributed by atoms with E-state index in [-0.39, 0.29) is 5.15 Å². The second-order valence-corrected chi connectivity index (χ2v) is 4.55. The molecule has 0 saturated heterocycles. The maximum absolute atomic E-state index is 8.74. The SMILES string of the molecule is N#Cc1sc(-c2cccc(Cl)c2)nc1Cl. The van der Waals surface area contributed by atoms with Gasteiger partial charge < -0.3 is 0 Å². The van der Waals surface area contributed by atoms with Crippen molar-refractivity contribution in [2.24, 2.45) is 0 Å². The first kappa shape index (κ1) is 10.4. The van der Waals surface area contributed by atoms with Gasteiger partial charge in [-0.25, -0.2) is 4.98 Å². The van der Waals surface area contributed by atoms with Crippen molar-refractivity contribution < 1.29 is 0 Å². The molecule has 0 fully saturated rings. The highest BCUT2D eigenvalue weighted by Crippen LogP contribution is 2.31. The highest BCUT2D eigenvalue weighted by atomic mass is 35.5. The molecule has 2 aromatic rings. The third kappa shape index (κ3) is 2.13. The van der Waals surface area contributed by atoms with Gasteiger partial charge in [-0.2, -0.15) is 5.26 Å². The number of halogens is 2. The molecule has 0 unspecified atom stereocenters. The smallest absolute Gasteiger partial charge is 0.158 e. The summed E-state index contributed by atoms with van der Waals surface area (Å²) in [6.45, 7) is 0. The van der Waals surface area contributed by atoms with Crippen LogP contribution in [0, 0.1) is 11.3 Å². The van der Waals surface area contributed by atoms with Gasteiger partial charge in [-0.3, -0.25) is 0 Å². The number of hydrogen-bond donors (Lipinski definition) is 0. The zero-order chi connectivity index (χ0) is 10.8. The number of nitriles is 1. The highest BCUT2D eigenvalue weighted by molar-refractivity contribution is 7.16. The standard InChI is InChI=1S/C10H4Cl2N2S/c11-7-3-1-2-6(4-7)10-14-9(12)8(5-13)15-10/h1-4H. The Kier molecular flexibility index (Phi) is 2.92. The van der Waals surface area contributed by atoms with E-state index in [1.54, 1.807) is 12.1 Å². The number of hydrogen-bond acceptors (Lipinski definition) is 3. The molecular weight excluding hydrogens is 251 g/mol. The van der Waals surface area contributed by atoms with Gasteiger partial charge >= 0.3 is 0 Å². The molecular formula is C10H4Cl2N2S. The summed E-state index contributed by atoms with van der Waals surface area (Å²) < 4.78 is 0. The van der Waals surface area contributed by atoms with E-state index in [2.05, 4.69) is 4.98 Å². The summed E-state index contributed by atoms with van der Waals surface area (Å²) in [6, 6.07) is 9.27. The van der Waals surface area contributed by atoms with Gasteiger partial charge in [0.2, 0.25) is 0 Å². The summed E-state index contributed by atoms with van der Waals surface area (Å²) in [5.41, 5.74) is 0.871. The first-order valence-electron chi connectivity index (χ1n) is 4.03. The van der Waals surface area contributed by atoms with E-state index in [1.807, 2.05) is 18.2 Å². The van der Waals surface area contributed by atoms with Crippen LogP contribution in [0.5, 0.6) is 0 Å². The van der Waals surface area contributed by atoms with Gasteiger partial charge in [0.05, 0.1) is 0 Å². The van der Waals surface area contributed by atoms with Crippen LogP contribution in [-0.2, 0) is 0 Å². The summed E-state index contributed by atoms with van der Waals surface area (Å²) in [5.74, 6) is 0. The Balaban J connectivity index is 2.51. The number of benzene rings is 1. The van der Waals surface area contributed by atoms with Crippen LogP contribution in [-0.4, -0.2) is 4.98 Å². The maximum Gasteiger partial charge on any atom is 0.158 e. The summed E-state index contributed by atoms with van der Waals surface area (Å²) in [5, 5.41) is 10.3. The van der Waals surface area contributed by atoms with E-state index in [9.17, 15) is 0 Å². The van der Waals surface area contributed by atoms with Gasteiger partial charge in [0.25, 0.3) is 0 Å². The van der Waals surface area contributed by atoms with E-state index < -0.39 is 0 Å². The summed E-state index contributed by atoms with van der Waals surface area (Å²) in [6.07, 6.45) is 0. The Labute approximate surface area is 101 Å². The molecule has 2 rings (SSSR count). The lowest BCUT2D eigenvalue weighted by Crippen LogP contribution is -1.74. The first-order valence-corrected chi connectivity index (χ1v) is 5.60. The highest BCUT2D eigenvalue weighted by Gasteiger charge is 2.10. The number of rotatable bonds is 1. The predicted molar refractivity (Wildman–Crippen MR) is 62.3 cm³/mol. The second-order valence-electron chi connectivity index (χ2n) is 2.76. The Morgan fingerprint density at radius 3 is 2.73 bits per heavy atom. The normalized spacial score (nSPS) is 9.93. The number of nitrogens with zero attached hydrogens (tertiary/aromatic N) is 2. The summed E-state index contributed by atoms with van der Waals surface area (Å²) >= 11 is 12.9. The zero-order valence-corrected chi connectivity index (χ0v) is 9.70. The third-order valence-electron chi connectivity index (χ3n) is 1.76. The van der Waals surface area contributed by atoms with Crippen molar-refractivity contribution in [2.75, 3.05) is 0 Å². The van der Waals surface area contributed by atoms with Crippen molar-refractivity contribution in [1.29, 1.82) is 5.26 Å². The summed E-state index contributed by atoms with van der Waals surface area (Å²) in [7, 11) is 0. The lowest BCUT2D eigenvalue weighted by molar-refractivity contribution is 1.40. The molecule has 1 heterocycles. The molecule has 0 saturated carbocycles. The van der Waals surface area contributed by atoms with Gasteiger partial charge in [-0.05, 0) is 12.1 Å². The molecule has 74 valence electrons. The molecule has 0 bridgehead atoms. The average molecular weight is 255 g/mol. The van der Waals surface area contributed by atoms with Crippen LogP contribution in [0.15, 0.2) is 24.3 Å². The molecule has 1 aromatic heterocycles. The van der Waals surface area contributed by atoms with Crippen LogP contribution >= 0.6 is 34.5 Å². The molecule has 5 heteroatoms. The Hall–Kier alpha value is -1.08. The molecule has 2 nitrogen and oxygen atoms in total. The monoisotopic (exact) mass is 254 g/mol. The molecule has 0 atom stereocenters. The van der Waals surface area contributed by atoms with Crippen LogP contribution < -0.4 is 0 Å². The summed E-state index contributed by atoms with van der Waals surface area (Å²) in [4.78, 5) is 4.52. The Morgan fingerprint density at radius 1 is 1.33 bits per heavy atom. The largest absolute Gasteiger partial charge is 0.223 e. The van der Waals surface area contributed by atoms with Gasteiger partial charge in [-0.15, -0.1) is 11.3 Å². The van der Waals surface area contributed by atoms with E-state index in [0.717, 1.165) is 5.56 Å². The van der Waals surface area contributed by atoms with Crippen LogP contribution in [0.2, 0.25) is 10.2 Å². The van der Waals surface area contributed by atoms with Crippen molar-refractivity contribution in [3.8, 4) is 16.6 Å². The molecule has 15 heavy (non-hydrogen) atoms. The molecule has 0 spiro atoms. The number of aromatic nitrogens is 1. The molecule has 0 aliphatic rings. The van der Waals surface area contributed by atoms with Crippen molar-refractivity contribution >= 4 is 34.5 Å². The minimum atomic E-state index is 0.248. The molecule has 0 aliphatic heterocycles. The van der Waals surface area contributed by atoms with E-state index in [4.69, 9.17) is 28.5 Å². The second kappa shape index (κ2) is 4.19. The number of thiazole rings is 1. The van der Waals surface area contributed by atoms with Crippen LogP contribution in [0.4, 0.5) is 0 Å². The van der Waals surface area contributed by atoms with Crippen LogP contribution in [0.25, 0.3) is 10.6 Å². The zero-order valence-electron chi connectivity index (χ0n) is 7.37. The van der Waals surface area contributed by atoms with Crippen LogP contribution in [0.3, 0.4) is 0 Å². The molecule has 1 aromatic carbocycles. The lowest BCUT2D eigenvalue weighted by Gasteiger charge is -1.95. The minimum Gasteiger partial charge on any atom is -0.223 e. The van der Waals surface area contributed by atoms with Gasteiger partial charge in [0, 0.05) is 10.6 Å². The first-order chi connectivity index (χ1) is 7.20. The Morgan fingerprint density at radius 2 is 2.13 bits per heavy atom.